The van der Waals surface area contributed by atoms with E-state index in [4.69, 9.17) is 0 Å². The van der Waals surface area contributed by atoms with Crippen LogP contribution in [0.25, 0.3) is 10.9 Å². The Morgan fingerprint density at radius 2 is 2.06 bits per heavy atom. The van der Waals surface area contributed by atoms with Gasteiger partial charge in [0.1, 0.15) is 0 Å². The number of hydrogen-bond donors (Lipinski definition) is 1. The normalized spacial score (nSPS) is 18.6. The van der Waals surface area contributed by atoms with Gasteiger partial charge in [0.25, 0.3) is 0 Å². The third-order valence-corrected chi connectivity index (χ3v) is 4.31. The summed E-state index contributed by atoms with van der Waals surface area (Å²) < 4.78 is 2.44. The van der Waals surface area contributed by atoms with E-state index in [0.29, 0.717) is 6.04 Å². The molecule has 1 aliphatic carbocycles. The lowest BCUT2D eigenvalue weighted by Gasteiger charge is -2.15. The zero-order valence-electron chi connectivity index (χ0n) is 11.0. The molecule has 1 heterocycles. The Morgan fingerprint density at radius 3 is 2.78 bits per heavy atom. The van der Waals surface area contributed by atoms with E-state index >= 15 is 0 Å². The Morgan fingerprint density at radius 1 is 1.28 bits per heavy atom. The lowest BCUT2D eigenvalue weighted by Crippen LogP contribution is -2.04. The van der Waals surface area contributed by atoms with Crippen molar-refractivity contribution in [2.45, 2.75) is 44.6 Å². The van der Waals surface area contributed by atoms with Crippen molar-refractivity contribution in [2.75, 3.05) is 6.61 Å². The number of nitrogens with zero attached hydrogens (tertiary/aromatic N) is 1. The zero-order valence-corrected chi connectivity index (χ0v) is 11.0. The van der Waals surface area contributed by atoms with Gasteiger partial charge in [0.15, 0.2) is 0 Å². The molecule has 2 aromatic rings. The first-order valence-electron chi connectivity index (χ1n) is 7.01. The van der Waals surface area contributed by atoms with E-state index < -0.39 is 0 Å². The van der Waals surface area contributed by atoms with E-state index in [-0.39, 0.29) is 12.5 Å². The summed E-state index contributed by atoms with van der Waals surface area (Å²) in [6, 6.07) is 9.47. The van der Waals surface area contributed by atoms with Gasteiger partial charge in [-0.15, -0.1) is 0 Å². The van der Waals surface area contributed by atoms with Crippen molar-refractivity contribution in [2.24, 2.45) is 0 Å². The van der Waals surface area contributed by atoms with Crippen LogP contribution in [0.5, 0.6) is 0 Å². The maximum atomic E-state index is 9.28. The smallest absolute Gasteiger partial charge is 0.0497 e. The van der Waals surface area contributed by atoms with Crippen molar-refractivity contribution in [3.05, 3.63) is 36.0 Å². The second-order valence-electron chi connectivity index (χ2n) is 5.56. The first-order valence-corrected chi connectivity index (χ1v) is 7.01. The fraction of sp³-hybridized carbons (Fsp3) is 0.500. The first kappa shape index (κ1) is 11.8. The van der Waals surface area contributed by atoms with Crippen LogP contribution >= 0.6 is 0 Å². The topological polar surface area (TPSA) is 25.2 Å². The Bertz CT molecular complexity index is 537. The molecule has 0 radical (unpaired) electrons. The van der Waals surface area contributed by atoms with Gasteiger partial charge in [-0.2, -0.15) is 0 Å². The summed E-state index contributed by atoms with van der Waals surface area (Å²) in [7, 11) is 0. The molecule has 0 aliphatic heterocycles. The highest BCUT2D eigenvalue weighted by molar-refractivity contribution is 5.81. The molecule has 0 amide bonds. The second-order valence-corrected chi connectivity index (χ2v) is 5.56. The summed E-state index contributed by atoms with van der Waals surface area (Å²) in [5, 5.41) is 10.6. The Labute approximate surface area is 108 Å². The van der Waals surface area contributed by atoms with Crippen LogP contribution in [0.1, 0.15) is 50.1 Å². The van der Waals surface area contributed by atoms with Gasteiger partial charge < -0.3 is 9.67 Å². The molecule has 1 aromatic carbocycles. The second kappa shape index (κ2) is 4.77. The van der Waals surface area contributed by atoms with Gasteiger partial charge in [0.2, 0.25) is 0 Å². The summed E-state index contributed by atoms with van der Waals surface area (Å²) in [4.78, 5) is 0. The third-order valence-electron chi connectivity index (χ3n) is 4.31. The van der Waals surface area contributed by atoms with Gasteiger partial charge in [-0.3, -0.25) is 0 Å². The van der Waals surface area contributed by atoms with Crippen molar-refractivity contribution in [1.29, 1.82) is 0 Å². The van der Waals surface area contributed by atoms with Crippen LogP contribution < -0.4 is 0 Å². The summed E-state index contributed by atoms with van der Waals surface area (Å²) in [6.07, 6.45) is 7.56. The molecule has 0 saturated heterocycles. The van der Waals surface area contributed by atoms with Crippen LogP contribution in [-0.2, 0) is 0 Å². The van der Waals surface area contributed by atoms with E-state index in [9.17, 15) is 5.11 Å². The van der Waals surface area contributed by atoms with Crippen LogP contribution in [0.2, 0.25) is 0 Å². The first-order chi connectivity index (χ1) is 8.79. The molecule has 1 aromatic heterocycles. The van der Waals surface area contributed by atoms with E-state index in [2.05, 4.69) is 42.0 Å². The predicted octanol–water partition coefficient (Wildman–Crippen LogP) is 3.85. The molecule has 18 heavy (non-hydrogen) atoms. The van der Waals surface area contributed by atoms with E-state index in [1.165, 1.54) is 42.1 Å². The Hall–Kier alpha value is -1.28. The van der Waals surface area contributed by atoms with E-state index in [1.807, 2.05) is 0 Å². The summed E-state index contributed by atoms with van der Waals surface area (Å²) >= 11 is 0. The number of benzene rings is 1. The molecule has 1 atom stereocenters. The summed E-state index contributed by atoms with van der Waals surface area (Å²) in [5.74, 6) is 0.223. The van der Waals surface area contributed by atoms with Crippen LogP contribution in [0.15, 0.2) is 30.5 Å². The molecule has 1 aliphatic rings. The van der Waals surface area contributed by atoms with Crippen molar-refractivity contribution in [3.63, 3.8) is 0 Å². The number of fused-ring (bicyclic) bond motifs is 1. The lowest BCUT2D eigenvalue weighted by molar-refractivity contribution is 0.273. The lowest BCUT2D eigenvalue weighted by atomic mass is 10.0. The van der Waals surface area contributed by atoms with Crippen molar-refractivity contribution >= 4 is 10.9 Å². The number of aliphatic hydroxyl groups is 1. The molecule has 0 spiro atoms. The number of hydrogen-bond acceptors (Lipinski definition) is 1. The van der Waals surface area contributed by atoms with Crippen LogP contribution in [0.4, 0.5) is 0 Å². The SMILES string of the molecule is CC(CO)c1ccc2ccn(C3CCCC3)c2c1. The predicted molar refractivity (Wildman–Crippen MR) is 74.9 cm³/mol. The Kier molecular flexibility index (Phi) is 3.13. The van der Waals surface area contributed by atoms with E-state index in [0.717, 1.165) is 0 Å². The monoisotopic (exact) mass is 243 g/mol. The average Bonchev–Trinajstić information content (AvgIpc) is 3.05. The van der Waals surface area contributed by atoms with Crippen molar-refractivity contribution in [1.82, 2.24) is 4.57 Å². The van der Waals surface area contributed by atoms with Crippen LogP contribution in [-0.4, -0.2) is 16.3 Å². The van der Waals surface area contributed by atoms with Crippen LogP contribution in [0.3, 0.4) is 0 Å². The molecular formula is C16H21NO. The highest BCUT2D eigenvalue weighted by Crippen LogP contribution is 2.33. The van der Waals surface area contributed by atoms with Gasteiger partial charge >= 0.3 is 0 Å². The quantitative estimate of drug-likeness (QED) is 0.870. The van der Waals surface area contributed by atoms with Crippen molar-refractivity contribution in [3.8, 4) is 0 Å². The molecule has 1 N–H and O–H groups in total. The molecule has 2 nitrogen and oxygen atoms in total. The van der Waals surface area contributed by atoms with E-state index in [1.54, 1.807) is 0 Å². The molecule has 1 unspecified atom stereocenters. The minimum absolute atomic E-state index is 0.218. The van der Waals surface area contributed by atoms with Gasteiger partial charge in [0, 0.05) is 30.3 Å². The third kappa shape index (κ3) is 1.95. The molecule has 1 saturated carbocycles. The number of aromatic nitrogens is 1. The maximum absolute atomic E-state index is 9.28. The largest absolute Gasteiger partial charge is 0.396 e. The number of aliphatic hydroxyl groups excluding tert-OH is 1. The standard InChI is InChI=1S/C16H21NO/c1-12(11-18)14-7-6-13-8-9-17(16(13)10-14)15-4-2-3-5-15/h6-10,12,15,18H,2-5,11H2,1H3. The molecule has 3 rings (SSSR count). The average molecular weight is 243 g/mol. The van der Waals surface area contributed by atoms with Gasteiger partial charge in [-0.25, -0.2) is 0 Å². The fourth-order valence-electron chi connectivity index (χ4n) is 3.08. The zero-order chi connectivity index (χ0) is 12.5. The molecule has 1 fully saturated rings. The fourth-order valence-corrected chi connectivity index (χ4v) is 3.08. The van der Waals surface area contributed by atoms with Crippen LogP contribution in [0, 0.1) is 0 Å². The molecule has 2 heteroatoms. The van der Waals surface area contributed by atoms with Gasteiger partial charge in [-0.1, -0.05) is 31.9 Å². The Balaban J connectivity index is 2.04. The highest BCUT2D eigenvalue weighted by Gasteiger charge is 2.18. The summed E-state index contributed by atoms with van der Waals surface area (Å²) in [6.45, 7) is 2.29. The molecular weight excluding hydrogens is 222 g/mol. The number of rotatable bonds is 3. The minimum atomic E-state index is 0.218. The molecule has 0 bridgehead atoms. The molecule has 96 valence electrons. The van der Waals surface area contributed by atoms with Gasteiger partial charge in [0.05, 0.1) is 0 Å². The minimum Gasteiger partial charge on any atom is -0.396 e. The summed E-state index contributed by atoms with van der Waals surface area (Å²) in [5.41, 5.74) is 2.57. The van der Waals surface area contributed by atoms with Crippen molar-refractivity contribution < 1.29 is 5.11 Å². The maximum Gasteiger partial charge on any atom is 0.0497 e. The van der Waals surface area contributed by atoms with Gasteiger partial charge in [-0.05, 0) is 35.9 Å². The highest BCUT2D eigenvalue weighted by atomic mass is 16.3.